The fraction of sp³-hybridized carbons (Fsp3) is 0.214. The highest BCUT2D eigenvalue weighted by molar-refractivity contribution is 6.16. The van der Waals surface area contributed by atoms with E-state index >= 15 is 0 Å². The molecule has 0 atom stereocenters. The van der Waals surface area contributed by atoms with Crippen molar-refractivity contribution in [2.75, 3.05) is 0 Å². The van der Waals surface area contributed by atoms with Gasteiger partial charge in [-0.3, -0.25) is 0 Å². The third-order valence-electron chi connectivity index (χ3n) is 7.03. The fourth-order valence-electron chi connectivity index (χ4n) is 5.44. The van der Waals surface area contributed by atoms with E-state index in [1.54, 1.807) is 0 Å². The molecule has 6 aromatic rings. The minimum atomic E-state index is 0.718. The Labute approximate surface area is 174 Å². The van der Waals surface area contributed by atoms with Crippen molar-refractivity contribution in [3.05, 3.63) is 72.3 Å². The van der Waals surface area contributed by atoms with Crippen molar-refractivity contribution in [2.45, 2.75) is 38.0 Å². The van der Waals surface area contributed by atoms with Crippen LogP contribution < -0.4 is 0 Å². The maximum atomic E-state index is 6.29. The molecule has 2 nitrogen and oxygen atoms in total. The van der Waals surface area contributed by atoms with Gasteiger partial charge in [-0.1, -0.05) is 55.7 Å². The fourth-order valence-corrected chi connectivity index (χ4v) is 5.44. The van der Waals surface area contributed by atoms with E-state index in [4.69, 9.17) is 8.83 Å². The Bertz CT molecular complexity index is 1570. The van der Waals surface area contributed by atoms with Crippen LogP contribution in [0.5, 0.6) is 0 Å². The van der Waals surface area contributed by atoms with Gasteiger partial charge in [-0.25, -0.2) is 0 Å². The van der Waals surface area contributed by atoms with E-state index in [-0.39, 0.29) is 0 Å². The summed E-state index contributed by atoms with van der Waals surface area (Å²) in [6.45, 7) is 0. The van der Waals surface area contributed by atoms with Gasteiger partial charge in [-0.05, 0) is 65.4 Å². The Morgan fingerprint density at radius 2 is 1.23 bits per heavy atom. The predicted octanol–water partition coefficient (Wildman–Crippen LogP) is 8.69. The first kappa shape index (κ1) is 16.5. The summed E-state index contributed by atoms with van der Waals surface area (Å²) in [6.07, 6.45) is 6.77. The Hall–Kier alpha value is -3.26. The molecule has 0 aliphatic heterocycles. The summed E-state index contributed by atoms with van der Waals surface area (Å²) in [5.74, 6) is 0.718. The second-order valence-corrected chi connectivity index (χ2v) is 8.83. The molecule has 30 heavy (non-hydrogen) atoms. The van der Waals surface area contributed by atoms with Gasteiger partial charge in [-0.15, -0.1) is 0 Å². The Morgan fingerprint density at radius 3 is 2.10 bits per heavy atom. The van der Waals surface area contributed by atoms with Crippen molar-refractivity contribution in [3.8, 4) is 0 Å². The quantitative estimate of drug-likeness (QED) is 0.281. The number of benzene rings is 4. The van der Waals surface area contributed by atoms with E-state index in [9.17, 15) is 0 Å². The van der Waals surface area contributed by atoms with Crippen LogP contribution in [-0.4, -0.2) is 0 Å². The van der Waals surface area contributed by atoms with Gasteiger partial charge >= 0.3 is 0 Å². The van der Waals surface area contributed by atoms with Crippen LogP contribution in [0, 0.1) is 0 Å². The monoisotopic (exact) mass is 390 g/mol. The van der Waals surface area contributed by atoms with Gasteiger partial charge < -0.3 is 8.83 Å². The van der Waals surface area contributed by atoms with Crippen LogP contribution in [0.25, 0.3) is 54.6 Å². The molecule has 0 amide bonds. The lowest BCUT2D eigenvalue weighted by Gasteiger charge is -2.22. The summed E-state index contributed by atoms with van der Waals surface area (Å²) in [7, 11) is 0. The molecule has 0 spiro atoms. The molecule has 2 aromatic heterocycles. The normalized spacial score (nSPS) is 15.9. The van der Waals surface area contributed by atoms with Crippen molar-refractivity contribution in [1.29, 1.82) is 0 Å². The lowest BCUT2D eigenvalue weighted by atomic mass is 9.83. The summed E-state index contributed by atoms with van der Waals surface area (Å²) in [6, 6.07) is 24.0. The van der Waals surface area contributed by atoms with Crippen LogP contribution in [0.1, 0.15) is 43.6 Å². The highest BCUT2D eigenvalue weighted by Gasteiger charge is 2.17. The van der Waals surface area contributed by atoms with Crippen molar-refractivity contribution in [1.82, 2.24) is 0 Å². The first-order chi connectivity index (χ1) is 14.8. The van der Waals surface area contributed by atoms with Gasteiger partial charge in [0, 0.05) is 21.5 Å². The molecule has 0 N–H and O–H groups in total. The van der Waals surface area contributed by atoms with Gasteiger partial charge in [0.25, 0.3) is 0 Å². The summed E-state index contributed by atoms with van der Waals surface area (Å²) >= 11 is 0. The summed E-state index contributed by atoms with van der Waals surface area (Å²) < 4.78 is 12.4. The van der Waals surface area contributed by atoms with Crippen molar-refractivity contribution in [2.24, 2.45) is 0 Å². The second-order valence-electron chi connectivity index (χ2n) is 8.83. The zero-order valence-corrected chi connectivity index (χ0v) is 16.8. The van der Waals surface area contributed by atoms with Crippen LogP contribution in [0.2, 0.25) is 0 Å². The molecule has 0 unspecified atom stereocenters. The summed E-state index contributed by atoms with van der Waals surface area (Å²) in [5, 5.41) is 7.09. The maximum absolute atomic E-state index is 6.29. The van der Waals surface area contributed by atoms with E-state index < -0.39 is 0 Å². The molecule has 4 aromatic carbocycles. The van der Waals surface area contributed by atoms with Gasteiger partial charge in [0.05, 0.1) is 0 Å². The summed E-state index contributed by atoms with van der Waals surface area (Å²) in [5.41, 5.74) is 5.20. The van der Waals surface area contributed by atoms with E-state index in [2.05, 4.69) is 54.6 Å². The number of rotatable bonds is 1. The van der Waals surface area contributed by atoms with Crippen LogP contribution >= 0.6 is 0 Å². The van der Waals surface area contributed by atoms with Crippen molar-refractivity contribution in [3.63, 3.8) is 0 Å². The molecule has 146 valence electrons. The highest BCUT2D eigenvalue weighted by Crippen LogP contribution is 2.39. The summed E-state index contributed by atoms with van der Waals surface area (Å²) in [4.78, 5) is 0. The molecule has 2 heterocycles. The Kier molecular flexibility index (Phi) is 3.37. The average Bonchev–Trinajstić information content (AvgIpc) is 3.33. The molecule has 1 fully saturated rings. The van der Waals surface area contributed by atoms with Gasteiger partial charge in [-0.2, -0.15) is 0 Å². The lowest BCUT2D eigenvalue weighted by molar-refractivity contribution is 0.444. The molecular formula is C28H22O2. The largest absolute Gasteiger partial charge is 0.456 e. The smallest absolute Gasteiger partial charge is 0.136 e. The molecular weight excluding hydrogens is 368 g/mol. The predicted molar refractivity (Wildman–Crippen MR) is 124 cm³/mol. The molecule has 1 saturated carbocycles. The van der Waals surface area contributed by atoms with Gasteiger partial charge in [0.1, 0.15) is 22.3 Å². The first-order valence-corrected chi connectivity index (χ1v) is 11.0. The minimum absolute atomic E-state index is 0.718. The number of para-hydroxylation sites is 1. The highest BCUT2D eigenvalue weighted by atomic mass is 16.3. The second kappa shape index (κ2) is 6.12. The van der Waals surface area contributed by atoms with Gasteiger partial charge in [0.2, 0.25) is 0 Å². The molecule has 1 aliphatic rings. The number of hydrogen-bond donors (Lipinski definition) is 0. The van der Waals surface area contributed by atoms with Crippen molar-refractivity contribution >= 4 is 54.6 Å². The molecule has 0 bridgehead atoms. The SMILES string of the molecule is c1ccc2c(c1)oc1cc3c(cc12)oc1cc2ccc(C4CCCCC4)cc2cc13. The molecule has 7 rings (SSSR count). The first-order valence-electron chi connectivity index (χ1n) is 11.0. The van der Waals surface area contributed by atoms with E-state index in [0.717, 1.165) is 44.4 Å². The molecule has 0 radical (unpaired) electrons. The Balaban J connectivity index is 1.46. The van der Waals surface area contributed by atoms with Crippen LogP contribution in [-0.2, 0) is 0 Å². The number of furan rings is 2. The third kappa shape index (κ3) is 2.37. The molecule has 0 saturated heterocycles. The van der Waals surface area contributed by atoms with Gasteiger partial charge in [0.15, 0.2) is 0 Å². The molecule has 1 aliphatic carbocycles. The minimum Gasteiger partial charge on any atom is -0.456 e. The van der Waals surface area contributed by atoms with Crippen LogP contribution in [0.4, 0.5) is 0 Å². The van der Waals surface area contributed by atoms with E-state index in [1.807, 2.05) is 12.1 Å². The Morgan fingerprint density at radius 1 is 0.533 bits per heavy atom. The van der Waals surface area contributed by atoms with Crippen molar-refractivity contribution < 1.29 is 8.83 Å². The van der Waals surface area contributed by atoms with E-state index in [1.165, 1.54) is 53.8 Å². The standard InChI is InChI=1S/C28H22O2/c1-2-6-17(7-3-1)18-10-11-19-14-26-22(13-20(19)12-18)24-16-27-23(15-28(24)30-26)21-8-4-5-9-25(21)29-27/h4-5,8-17H,1-3,6-7H2. The average molecular weight is 390 g/mol. The zero-order chi connectivity index (χ0) is 19.7. The van der Waals surface area contributed by atoms with Crippen LogP contribution in [0.15, 0.2) is 75.6 Å². The molecule has 2 heteroatoms. The third-order valence-corrected chi connectivity index (χ3v) is 7.03. The number of fused-ring (bicyclic) bond motifs is 7. The number of hydrogen-bond acceptors (Lipinski definition) is 2. The zero-order valence-electron chi connectivity index (χ0n) is 16.8. The lowest BCUT2D eigenvalue weighted by Crippen LogP contribution is -2.04. The topological polar surface area (TPSA) is 26.3 Å². The van der Waals surface area contributed by atoms with Crippen LogP contribution in [0.3, 0.4) is 0 Å². The maximum Gasteiger partial charge on any atom is 0.136 e. The van der Waals surface area contributed by atoms with E-state index in [0.29, 0.717) is 0 Å².